The fourth-order valence-electron chi connectivity index (χ4n) is 2.32. The maximum Gasteiger partial charge on any atom is 0.0829 e. The molecule has 0 saturated carbocycles. The molecule has 0 fully saturated rings. The standard InChI is InChI=1S/C17H26Cl2/c1-3-4-5-6-7-11-14-16(18)17(2,19)15-12-9-8-10-13-15/h8-10,12-13,16H,3-7,11,14H2,1-2H3. The van der Waals surface area contributed by atoms with Crippen LogP contribution in [-0.2, 0) is 4.87 Å². The number of hydrogen-bond acceptors (Lipinski definition) is 0. The molecule has 2 heteroatoms. The largest absolute Gasteiger partial charge is 0.121 e. The van der Waals surface area contributed by atoms with Gasteiger partial charge in [0.25, 0.3) is 0 Å². The van der Waals surface area contributed by atoms with E-state index in [1.54, 1.807) is 0 Å². The van der Waals surface area contributed by atoms with E-state index < -0.39 is 4.87 Å². The molecule has 108 valence electrons. The SMILES string of the molecule is CCCCCCCCC(Cl)C(C)(Cl)c1ccccc1. The summed E-state index contributed by atoms with van der Waals surface area (Å²) in [7, 11) is 0. The van der Waals surface area contributed by atoms with Crippen LogP contribution in [0, 0.1) is 0 Å². The molecule has 0 aliphatic heterocycles. The topological polar surface area (TPSA) is 0 Å². The van der Waals surface area contributed by atoms with E-state index in [1.807, 2.05) is 25.1 Å². The van der Waals surface area contributed by atoms with Gasteiger partial charge in [0.1, 0.15) is 0 Å². The first kappa shape index (κ1) is 16.9. The minimum absolute atomic E-state index is 0.0114. The maximum absolute atomic E-state index is 6.64. The molecule has 0 spiro atoms. The molecule has 0 bridgehead atoms. The van der Waals surface area contributed by atoms with Crippen LogP contribution in [0.25, 0.3) is 0 Å². The summed E-state index contributed by atoms with van der Waals surface area (Å²) in [4.78, 5) is -0.466. The Bertz CT molecular complexity index is 332. The Balaban J connectivity index is 2.34. The third-order valence-electron chi connectivity index (χ3n) is 3.74. The second-order valence-electron chi connectivity index (χ2n) is 5.47. The highest BCUT2D eigenvalue weighted by Crippen LogP contribution is 2.37. The predicted molar refractivity (Wildman–Crippen MR) is 87.3 cm³/mol. The monoisotopic (exact) mass is 300 g/mol. The van der Waals surface area contributed by atoms with Crippen LogP contribution in [0.4, 0.5) is 0 Å². The van der Waals surface area contributed by atoms with E-state index in [-0.39, 0.29) is 5.38 Å². The van der Waals surface area contributed by atoms with Gasteiger partial charge in [0.15, 0.2) is 0 Å². The molecule has 1 aromatic rings. The fraction of sp³-hybridized carbons (Fsp3) is 0.647. The Morgan fingerprint density at radius 1 is 1.00 bits per heavy atom. The molecule has 0 aliphatic carbocycles. The van der Waals surface area contributed by atoms with Gasteiger partial charge in [-0.05, 0) is 18.9 Å². The van der Waals surface area contributed by atoms with Crippen molar-refractivity contribution in [1.82, 2.24) is 0 Å². The Hall–Kier alpha value is -0.200. The Morgan fingerprint density at radius 2 is 1.58 bits per heavy atom. The lowest BCUT2D eigenvalue weighted by Gasteiger charge is -2.28. The lowest BCUT2D eigenvalue weighted by atomic mass is 9.93. The fourth-order valence-corrected chi connectivity index (χ4v) is 2.84. The normalized spacial score (nSPS) is 16.0. The number of alkyl halides is 2. The molecule has 0 amide bonds. The van der Waals surface area contributed by atoms with Crippen molar-refractivity contribution in [3.63, 3.8) is 0 Å². The van der Waals surface area contributed by atoms with E-state index in [9.17, 15) is 0 Å². The molecule has 0 aliphatic rings. The van der Waals surface area contributed by atoms with Crippen molar-refractivity contribution < 1.29 is 0 Å². The van der Waals surface area contributed by atoms with E-state index in [0.717, 1.165) is 12.0 Å². The van der Waals surface area contributed by atoms with Gasteiger partial charge in [-0.15, -0.1) is 23.2 Å². The minimum atomic E-state index is -0.466. The van der Waals surface area contributed by atoms with Gasteiger partial charge in [0.2, 0.25) is 0 Å². The maximum atomic E-state index is 6.64. The number of hydrogen-bond donors (Lipinski definition) is 0. The molecule has 0 heterocycles. The lowest BCUT2D eigenvalue weighted by Crippen LogP contribution is -2.26. The highest BCUT2D eigenvalue weighted by Gasteiger charge is 2.31. The van der Waals surface area contributed by atoms with Gasteiger partial charge in [-0.1, -0.05) is 75.8 Å². The smallest absolute Gasteiger partial charge is 0.0829 e. The molecule has 2 unspecified atom stereocenters. The van der Waals surface area contributed by atoms with Crippen LogP contribution >= 0.6 is 23.2 Å². The summed E-state index contributed by atoms with van der Waals surface area (Å²) >= 11 is 13.2. The number of rotatable bonds is 9. The van der Waals surface area contributed by atoms with Crippen LogP contribution < -0.4 is 0 Å². The van der Waals surface area contributed by atoms with Gasteiger partial charge in [-0.2, -0.15) is 0 Å². The first-order chi connectivity index (χ1) is 9.09. The van der Waals surface area contributed by atoms with Crippen LogP contribution in [-0.4, -0.2) is 5.38 Å². The Morgan fingerprint density at radius 3 is 2.21 bits per heavy atom. The summed E-state index contributed by atoms with van der Waals surface area (Å²) in [6, 6.07) is 10.2. The van der Waals surface area contributed by atoms with Crippen LogP contribution in [0.2, 0.25) is 0 Å². The van der Waals surface area contributed by atoms with Crippen LogP contribution in [0.1, 0.15) is 64.4 Å². The van der Waals surface area contributed by atoms with Gasteiger partial charge in [0.05, 0.1) is 10.3 Å². The van der Waals surface area contributed by atoms with Crippen molar-refractivity contribution >= 4 is 23.2 Å². The quantitative estimate of drug-likeness (QED) is 0.361. The van der Waals surface area contributed by atoms with Crippen molar-refractivity contribution in [3.05, 3.63) is 35.9 Å². The first-order valence-electron chi connectivity index (χ1n) is 7.47. The second-order valence-corrected chi connectivity index (χ2v) is 6.78. The van der Waals surface area contributed by atoms with Gasteiger partial charge in [-0.25, -0.2) is 0 Å². The van der Waals surface area contributed by atoms with E-state index >= 15 is 0 Å². The summed E-state index contributed by atoms with van der Waals surface area (Å²) in [5.41, 5.74) is 1.11. The molecule has 19 heavy (non-hydrogen) atoms. The number of unbranched alkanes of at least 4 members (excludes halogenated alkanes) is 5. The summed E-state index contributed by atoms with van der Waals surface area (Å²) < 4.78 is 0. The molecule has 0 aromatic heterocycles. The third kappa shape index (κ3) is 5.75. The van der Waals surface area contributed by atoms with Crippen LogP contribution in [0.15, 0.2) is 30.3 Å². The van der Waals surface area contributed by atoms with E-state index in [2.05, 4.69) is 19.1 Å². The zero-order chi connectivity index (χ0) is 14.1. The summed E-state index contributed by atoms with van der Waals surface area (Å²) in [6.45, 7) is 4.27. The van der Waals surface area contributed by atoms with Crippen molar-refractivity contribution in [3.8, 4) is 0 Å². The summed E-state index contributed by atoms with van der Waals surface area (Å²) in [5.74, 6) is 0. The van der Waals surface area contributed by atoms with Gasteiger partial charge < -0.3 is 0 Å². The van der Waals surface area contributed by atoms with Gasteiger partial charge in [0, 0.05) is 0 Å². The summed E-state index contributed by atoms with van der Waals surface area (Å²) in [5, 5.41) is -0.0114. The molecule has 0 radical (unpaired) electrons. The zero-order valence-corrected chi connectivity index (χ0v) is 13.7. The minimum Gasteiger partial charge on any atom is -0.121 e. The van der Waals surface area contributed by atoms with Gasteiger partial charge in [-0.3, -0.25) is 0 Å². The van der Waals surface area contributed by atoms with Crippen molar-refractivity contribution in [2.75, 3.05) is 0 Å². The summed E-state index contributed by atoms with van der Waals surface area (Å²) in [6.07, 6.45) is 8.75. The van der Waals surface area contributed by atoms with E-state index in [1.165, 1.54) is 38.5 Å². The molecule has 1 rings (SSSR count). The molecular weight excluding hydrogens is 275 g/mol. The second kappa shape index (κ2) is 8.87. The van der Waals surface area contributed by atoms with Crippen molar-refractivity contribution in [1.29, 1.82) is 0 Å². The average Bonchev–Trinajstić information content (AvgIpc) is 2.43. The third-order valence-corrected chi connectivity index (χ3v) is 4.99. The zero-order valence-electron chi connectivity index (χ0n) is 12.2. The van der Waals surface area contributed by atoms with E-state index in [4.69, 9.17) is 23.2 Å². The van der Waals surface area contributed by atoms with E-state index in [0.29, 0.717) is 0 Å². The Kier molecular flexibility index (Phi) is 7.87. The molecular formula is C17H26Cl2. The highest BCUT2D eigenvalue weighted by atomic mass is 35.5. The number of benzene rings is 1. The van der Waals surface area contributed by atoms with Gasteiger partial charge >= 0.3 is 0 Å². The Labute approximate surface area is 128 Å². The van der Waals surface area contributed by atoms with Crippen molar-refractivity contribution in [2.45, 2.75) is 69.0 Å². The average molecular weight is 301 g/mol. The molecule has 0 nitrogen and oxygen atoms in total. The lowest BCUT2D eigenvalue weighted by molar-refractivity contribution is 0.528. The van der Waals surface area contributed by atoms with Crippen molar-refractivity contribution in [2.24, 2.45) is 0 Å². The highest BCUT2D eigenvalue weighted by molar-refractivity contribution is 6.32. The number of halogens is 2. The van der Waals surface area contributed by atoms with Crippen LogP contribution in [0.5, 0.6) is 0 Å². The first-order valence-corrected chi connectivity index (χ1v) is 8.29. The van der Waals surface area contributed by atoms with Crippen LogP contribution in [0.3, 0.4) is 0 Å². The molecule has 2 atom stereocenters. The molecule has 1 aromatic carbocycles. The molecule has 0 saturated heterocycles. The predicted octanol–water partition coefficient (Wildman–Crippen LogP) is 6.50. The molecule has 0 N–H and O–H groups in total.